The lowest BCUT2D eigenvalue weighted by Gasteiger charge is -2.49. The molecule has 0 amide bonds. The van der Waals surface area contributed by atoms with Crippen molar-refractivity contribution in [3.8, 4) is 22.4 Å². The second-order valence-electron chi connectivity index (χ2n) is 9.77. The molecule has 0 unspecified atom stereocenters. The molecule has 4 rings (SSSR count). The summed E-state index contributed by atoms with van der Waals surface area (Å²) in [6, 6.07) is 3.19. The summed E-state index contributed by atoms with van der Waals surface area (Å²) >= 11 is 0. The summed E-state index contributed by atoms with van der Waals surface area (Å²) in [5.41, 5.74) is 2.19. The number of halogens is 1. The maximum absolute atomic E-state index is 14.9. The van der Waals surface area contributed by atoms with Gasteiger partial charge in [-0.05, 0) is 58.2 Å². The molecule has 1 aliphatic rings. The van der Waals surface area contributed by atoms with Gasteiger partial charge < -0.3 is 10.2 Å². The number of hydrogen-bond acceptors (Lipinski definition) is 5. The summed E-state index contributed by atoms with van der Waals surface area (Å²) in [5.74, 6) is 0.291. The van der Waals surface area contributed by atoms with Gasteiger partial charge in [0.25, 0.3) is 0 Å². The van der Waals surface area contributed by atoms with E-state index in [0.29, 0.717) is 28.6 Å². The van der Waals surface area contributed by atoms with E-state index in [4.69, 9.17) is 6.57 Å². The van der Waals surface area contributed by atoms with Gasteiger partial charge in [-0.15, -0.1) is 0 Å². The number of piperidine rings is 1. The molecule has 8 heteroatoms. The minimum Gasteiger partial charge on any atom is -0.355 e. The Kier molecular flexibility index (Phi) is 5.47. The third kappa shape index (κ3) is 4.34. The van der Waals surface area contributed by atoms with Gasteiger partial charge in [0.2, 0.25) is 0 Å². The molecule has 1 saturated heterocycles. The van der Waals surface area contributed by atoms with Gasteiger partial charge in [-0.1, -0.05) is 0 Å². The first-order valence-corrected chi connectivity index (χ1v) is 10.6. The van der Waals surface area contributed by atoms with Crippen LogP contribution in [0.5, 0.6) is 0 Å². The van der Waals surface area contributed by atoms with E-state index in [2.05, 4.69) is 62.9 Å². The highest BCUT2D eigenvalue weighted by atomic mass is 19.1. The van der Waals surface area contributed by atoms with Gasteiger partial charge in [-0.2, -0.15) is 5.10 Å². The van der Waals surface area contributed by atoms with Gasteiger partial charge >= 0.3 is 0 Å². The van der Waals surface area contributed by atoms with E-state index < -0.39 is 5.82 Å². The summed E-state index contributed by atoms with van der Waals surface area (Å²) < 4.78 is 14.9. The molecule has 0 saturated carbocycles. The number of benzene rings is 1. The highest BCUT2D eigenvalue weighted by molar-refractivity contribution is 5.82. The summed E-state index contributed by atoms with van der Waals surface area (Å²) in [4.78, 5) is 14.8. The highest BCUT2D eigenvalue weighted by Gasteiger charge is 2.39. The summed E-state index contributed by atoms with van der Waals surface area (Å²) in [6.07, 6.45) is 8.42. The number of anilines is 1. The number of H-pyrrole nitrogens is 1. The van der Waals surface area contributed by atoms with Crippen molar-refractivity contribution in [2.45, 2.75) is 57.7 Å². The Balaban J connectivity index is 1.61. The predicted octanol–water partition coefficient (Wildman–Crippen LogP) is 4.97. The number of hydrogen-bond donors (Lipinski definition) is 2. The molecule has 2 aromatic heterocycles. The molecule has 0 radical (unpaired) electrons. The first-order valence-electron chi connectivity index (χ1n) is 10.6. The number of rotatable bonds is 4. The first kappa shape index (κ1) is 21.9. The van der Waals surface area contributed by atoms with Crippen molar-refractivity contribution in [1.29, 1.82) is 0 Å². The zero-order valence-corrected chi connectivity index (χ0v) is 19.1. The van der Waals surface area contributed by atoms with Crippen LogP contribution in [0.3, 0.4) is 0 Å². The van der Waals surface area contributed by atoms with Gasteiger partial charge in [-0.3, -0.25) is 10.1 Å². The van der Waals surface area contributed by atoms with Crippen LogP contribution in [0, 0.1) is 12.4 Å². The maximum Gasteiger partial charge on any atom is 0.195 e. The Hall–Kier alpha value is -3.31. The molecule has 0 bridgehead atoms. The van der Waals surface area contributed by atoms with Gasteiger partial charge in [0.15, 0.2) is 5.69 Å². The lowest BCUT2D eigenvalue weighted by atomic mass is 9.79. The number of nitrogens with zero attached hydrogens (tertiary/aromatic N) is 5. The molecule has 1 aliphatic heterocycles. The summed E-state index contributed by atoms with van der Waals surface area (Å²) in [7, 11) is 2.03. The molecule has 2 N–H and O–H groups in total. The molecule has 166 valence electrons. The Bertz CT molecular complexity index is 1130. The van der Waals surface area contributed by atoms with Crippen molar-refractivity contribution in [2.24, 2.45) is 0 Å². The van der Waals surface area contributed by atoms with Crippen molar-refractivity contribution in [1.82, 2.24) is 25.5 Å². The molecule has 3 heterocycles. The topological polar surface area (TPSA) is 74.1 Å². The van der Waals surface area contributed by atoms with Crippen LogP contribution in [0.4, 0.5) is 15.9 Å². The quantitative estimate of drug-likeness (QED) is 0.569. The van der Waals surface area contributed by atoms with Crippen LogP contribution in [0.1, 0.15) is 40.5 Å². The molecule has 1 aromatic carbocycles. The average molecular weight is 434 g/mol. The molecule has 7 nitrogen and oxygen atoms in total. The van der Waals surface area contributed by atoms with E-state index in [1.807, 2.05) is 7.05 Å². The van der Waals surface area contributed by atoms with Crippen LogP contribution >= 0.6 is 0 Å². The monoisotopic (exact) mass is 433 g/mol. The van der Waals surface area contributed by atoms with Crippen LogP contribution in [-0.2, 0) is 0 Å². The molecule has 0 atom stereocenters. The number of nitrogens with one attached hydrogen (secondary N) is 2. The third-order valence-electron chi connectivity index (χ3n) is 6.01. The molecule has 0 spiro atoms. The maximum atomic E-state index is 14.9. The van der Waals surface area contributed by atoms with Crippen LogP contribution in [0.15, 0.2) is 36.9 Å². The van der Waals surface area contributed by atoms with E-state index >= 15 is 0 Å². The number of aromatic nitrogens is 4. The van der Waals surface area contributed by atoms with E-state index in [0.717, 1.165) is 18.7 Å². The van der Waals surface area contributed by atoms with Crippen LogP contribution < -0.4 is 10.2 Å². The molecule has 1 fully saturated rings. The highest BCUT2D eigenvalue weighted by Crippen LogP contribution is 2.36. The smallest absolute Gasteiger partial charge is 0.195 e. The fourth-order valence-electron chi connectivity index (χ4n) is 4.85. The van der Waals surface area contributed by atoms with Crippen LogP contribution in [0.2, 0.25) is 0 Å². The van der Waals surface area contributed by atoms with Crippen LogP contribution in [-0.4, -0.2) is 44.3 Å². The van der Waals surface area contributed by atoms with Crippen LogP contribution in [0.25, 0.3) is 27.2 Å². The zero-order chi connectivity index (χ0) is 23.1. The third-order valence-corrected chi connectivity index (χ3v) is 6.01. The zero-order valence-electron chi connectivity index (χ0n) is 19.1. The van der Waals surface area contributed by atoms with E-state index in [1.165, 1.54) is 12.1 Å². The lowest BCUT2D eigenvalue weighted by molar-refractivity contribution is 0.160. The van der Waals surface area contributed by atoms with Gasteiger partial charge in [-0.25, -0.2) is 14.2 Å². The SMILES string of the molecule is [C-]#[N+]c1cc(-c2cnc(N(C)C3CC(C)(C)NC(C)(C)C3)cn2)c(F)cc1-c1cn[nH]c1. The van der Waals surface area contributed by atoms with Crippen molar-refractivity contribution in [3.63, 3.8) is 0 Å². The second-order valence-corrected chi connectivity index (χ2v) is 9.77. The van der Waals surface area contributed by atoms with E-state index in [9.17, 15) is 4.39 Å². The van der Waals surface area contributed by atoms with E-state index in [-0.39, 0.29) is 16.6 Å². The normalized spacial score (nSPS) is 17.7. The first-order chi connectivity index (χ1) is 15.1. The van der Waals surface area contributed by atoms with Crippen molar-refractivity contribution < 1.29 is 4.39 Å². The lowest BCUT2D eigenvalue weighted by Crippen LogP contribution is -2.62. The van der Waals surface area contributed by atoms with Crippen molar-refractivity contribution in [3.05, 3.63) is 54.2 Å². The van der Waals surface area contributed by atoms with Gasteiger partial charge in [0, 0.05) is 41.5 Å². The second kappa shape index (κ2) is 7.99. The summed E-state index contributed by atoms with van der Waals surface area (Å²) in [5, 5.41) is 10.3. The minimum absolute atomic E-state index is 0.0179. The van der Waals surface area contributed by atoms with Crippen molar-refractivity contribution >= 4 is 11.5 Å². The van der Waals surface area contributed by atoms with Crippen molar-refractivity contribution in [2.75, 3.05) is 11.9 Å². The number of aromatic amines is 1. The molecule has 3 aromatic rings. The molecular weight excluding hydrogens is 405 g/mol. The Morgan fingerprint density at radius 3 is 2.34 bits per heavy atom. The Morgan fingerprint density at radius 1 is 1.06 bits per heavy atom. The standard InChI is InChI=1S/C24H28FN7/c1-23(2)9-16(10-24(3,4)31-23)32(6)22-14-27-21(13-28-22)18-8-20(26-5)17(7-19(18)25)15-11-29-30-12-15/h7-8,11-14,16,31H,9-10H2,1-4,6H3,(H,29,30). The average Bonchev–Trinajstić information content (AvgIpc) is 3.25. The minimum atomic E-state index is -0.453. The molecule has 32 heavy (non-hydrogen) atoms. The largest absolute Gasteiger partial charge is 0.355 e. The van der Waals surface area contributed by atoms with E-state index in [1.54, 1.807) is 24.8 Å². The summed E-state index contributed by atoms with van der Waals surface area (Å²) in [6.45, 7) is 16.4. The molecule has 0 aliphatic carbocycles. The molecular formula is C24H28FN7. The fourth-order valence-corrected chi connectivity index (χ4v) is 4.85. The van der Waals surface area contributed by atoms with Gasteiger partial charge in [0.05, 0.1) is 30.9 Å². The van der Waals surface area contributed by atoms with Gasteiger partial charge in [0.1, 0.15) is 11.6 Å². The Morgan fingerprint density at radius 2 is 1.78 bits per heavy atom. The predicted molar refractivity (Wildman–Crippen MR) is 124 cm³/mol. The Labute approximate surface area is 187 Å². The fraction of sp³-hybridized carbons (Fsp3) is 0.417.